The number of halogens is 1. The molecule has 0 saturated heterocycles. The van der Waals surface area contributed by atoms with E-state index in [0.717, 1.165) is 38.3 Å². The Kier molecular flexibility index (Phi) is 6.17. The summed E-state index contributed by atoms with van der Waals surface area (Å²) in [7, 11) is 1.67. The van der Waals surface area contributed by atoms with Crippen LogP contribution < -0.4 is 5.63 Å². The molecule has 6 nitrogen and oxygen atoms in total. The highest BCUT2D eigenvalue weighted by molar-refractivity contribution is 7.98. The van der Waals surface area contributed by atoms with Crippen molar-refractivity contribution in [3.63, 3.8) is 0 Å². The Balaban J connectivity index is 1.54. The number of fused-ring (bicyclic) bond motifs is 3. The molecule has 0 unspecified atom stereocenters. The van der Waals surface area contributed by atoms with Crippen LogP contribution in [0.5, 0.6) is 0 Å². The maximum absolute atomic E-state index is 12.2. The zero-order valence-electron chi connectivity index (χ0n) is 17.8. The van der Waals surface area contributed by atoms with Crippen molar-refractivity contribution in [2.75, 3.05) is 13.7 Å². The molecule has 33 heavy (non-hydrogen) atoms. The van der Waals surface area contributed by atoms with Gasteiger partial charge in [0.1, 0.15) is 5.58 Å². The number of nitrogens with zero attached hydrogens (tertiary/aromatic N) is 3. The smallest absolute Gasteiger partial charge is 0.336 e. The van der Waals surface area contributed by atoms with Gasteiger partial charge in [0.2, 0.25) is 0 Å². The molecule has 166 valence electrons. The quantitative estimate of drug-likeness (QED) is 0.168. The summed E-state index contributed by atoms with van der Waals surface area (Å²) in [5.74, 6) is 1.29. The van der Waals surface area contributed by atoms with E-state index in [9.17, 15) is 4.79 Å². The van der Waals surface area contributed by atoms with Crippen LogP contribution in [0.2, 0.25) is 5.02 Å². The minimum absolute atomic E-state index is 0.365. The number of ether oxygens (including phenoxy) is 1. The van der Waals surface area contributed by atoms with E-state index in [4.69, 9.17) is 20.8 Å². The molecule has 0 radical (unpaired) electrons. The molecule has 0 spiro atoms. The van der Waals surface area contributed by atoms with Crippen molar-refractivity contribution in [1.29, 1.82) is 0 Å². The van der Waals surface area contributed by atoms with Crippen LogP contribution in [0.25, 0.3) is 33.1 Å². The molecule has 8 heteroatoms. The Morgan fingerprint density at radius 2 is 1.88 bits per heavy atom. The van der Waals surface area contributed by atoms with E-state index in [0.29, 0.717) is 29.5 Å². The molecule has 0 saturated carbocycles. The van der Waals surface area contributed by atoms with Gasteiger partial charge in [-0.05, 0) is 46.7 Å². The average Bonchev–Trinajstić information content (AvgIpc) is 3.23. The fraction of sp³-hybridized carbons (Fsp3) is 0.160. The lowest BCUT2D eigenvalue weighted by molar-refractivity contribution is 0.185. The van der Waals surface area contributed by atoms with E-state index in [2.05, 4.69) is 16.3 Å². The van der Waals surface area contributed by atoms with Crippen molar-refractivity contribution in [2.45, 2.75) is 17.5 Å². The lowest BCUT2D eigenvalue weighted by Crippen LogP contribution is -2.08. The summed E-state index contributed by atoms with van der Waals surface area (Å²) in [5.41, 5.74) is 2.04. The Morgan fingerprint density at radius 3 is 2.70 bits per heavy atom. The standard InChI is InChI=1S/C25H20ClN3O3S/c1-31-13-12-29-24(17-6-9-19(26)10-7-17)27-28-25(29)33-15-18-14-22(30)32-21-11-8-16-4-2-3-5-20(16)23(18)21/h2-11,14H,12-13,15H2,1H3. The molecular weight excluding hydrogens is 458 g/mol. The third kappa shape index (κ3) is 4.39. The molecule has 0 bridgehead atoms. The number of thioether (sulfide) groups is 1. The van der Waals surface area contributed by atoms with Gasteiger partial charge in [-0.2, -0.15) is 0 Å². The van der Waals surface area contributed by atoms with Gasteiger partial charge in [0.05, 0.1) is 13.2 Å². The molecule has 0 aliphatic carbocycles. The van der Waals surface area contributed by atoms with Crippen LogP contribution in [0.15, 0.2) is 81.1 Å². The second-order valence-corrected chi connectivity index (χ2v) is 8.88. The number of hydrogen-bond donors (Lipinski definition) is 0. The summed E-state index contributed by atoms with van der Waals surface area (Å²) < 4.78 is 12.8. The molecule has 5 aromatic rings. The van der Waals surface area contributed by atoms with Crippen LogP contribution >= 0.6 is 23.4 Å². The summed E-state index contributed by atoms with van der Waals surface area (Å²) in [6, 6.07) is 21.0. The summed E-state index contributed by atoms with van der Waals surface area (Å²) in [4.78, 5) is 12.2. The molecule has 0 atom stereocenters. The first-order valence-corrected chi connectivity index (χ1v) is 11.8. The van der Waals surface area contributed by atoms with Gasteiger partial charge in [-0.25, -0.2) is 4.79 Å². The number of methoxy groups -OCH3 is 1. The Morgan fingerprint density at radius 1 is 1.06 bits per heavy atom. The molecule has 3 aromatic carbocycles. The van der Waals surface area contributed by atoms with E-state index in [1.165, 1.54) is 11.8 Å². The van der Waals surface area contributed by atoms with Crippen LogP contribution in [0.1, 0.15) is 5.56 Å². The number of aromatic nitrogens is 3. The molecule has 0 aliphatic rings. The van der Waals surface area contributed by atoms with E-state index in [-0.39, 0.29) is 5.63 Å². The first-order valence-electron chi connectivity index (χ1n) is 10.4. The number of hydrogen-bond acceptors (Lipinski definition) is 6. The van der Waals surface area contributed by atoms with Crippen LogP contribution in [-0.2, 0) is 17.0 Å². The van der Waals surface area contributed by atoms with Crippen LogP contribution in [-0.4, -0.2) is 28.5 Å². The van der Waals surface area contributed by atoms with Gasteiger partial charge < -0.3 is 9.15 Å². The Bertz CT molecular complexity index is 1500. The average molecular weight is 478 g/mol. The van der Waals surface area contributed by atoms with Crippen molar-refractivity contribution in [1.82, 2.24) is 14.8 Å². The first kappa shape index (κ1) is 21.7. The maximum atomic E-state index is 12.2. The summed E-state index contributed by atoms with van der Waals surface area (Å²) in [6.07, 6.45) is 0. The van der Waals surface area contributed by atoms with Crippen LogP contribution in [0.4, 0.5) is 0 Å². The molecule has 0 amide bonds. The predicted molar refractivity (Wildman–Crippen MR) is 132 cm³/mol. The van der Waals surface area contributed by atoms with Crippen LogP contribution in [0.3, 0.4) is 0 Å². The SMILES string of the molecule is COCCn1c(SCc2cc(=O)oc3ccc4ccccc4c23)nnc1-c1ccc(Cl)cc1. The van der Waals surface area contributed by atoms with Gasteiger partial charge in [-0.1, -0.05) is 53.7 Å². The molecule has 0 N–H and O–H groups in total. The van der Waals surface area contributed by atoms with Crippen molar-refractivity contribution < 1.29 is 9.15 Å². The van der Waals surface area contributed by atoms with Crippen molar-refractivity contribution >= 4 is 45.1 Å². The number of rotatable bonds is 7. The van der Waals surface area contributed by atoms with E-state index < -0.39 is 0 Å². The normalized spacial score (nSPS) is 11.5. The minimum atomic E-state index is -0.365. The topological polar surface area (TPSA) is 70.2 Å². The Hall–Kier alpha value is -3.13. The van der Waals surface area contributed by atoms with Crippen LogP contribution in [0, 0.1) is 0 Å². The second-order valence-electron chi connectivity index (χ2n) is 7.50. The highest BCUT2D eigenvalue weighted by Crippen LogP contribution is 2.32. The first-order chi connectivity index (χ1) is 16.1. The minimum Gasteiger partial charge on any atom is -0.423 e. The maximum Gasteiger partial charge on any atom is 0.336 e. The van der Waals surface area contributed by atoms with Gasteiger partial charge in [-0.15, -0.1) is 10.2 Å². The van der Waals surface area contributed by atoms with E-state index in [1.54, 1.807) is 13.2 Å². The van der Waals surface area contributed by atoms with E-state index >= 15 is 0 Å². The summed E-state index contributed by atoms with van der Waals surface area (Å²) >= 11 is 7.58. The predicted octanol–water partition coefficient (Wildman–Crippen LogP) is 5.80. The third-order valence-corrected chi connectivity index (χ3v) is 6.68. The van der Waals surface area contributed by atoms with Crippen molar-refractivity contribution in [3.05, 3.63) is 87.7 Å². The Labute approximate surface area is 199 Å². The van der Waals surface area contributed by atoms with Gasteiger partial charge >= 0.3 is 5.63 Å². The number of benzene rings is 3. The second kappa shape index (κ2) is 9.39. The molecule has 0 aliphatic heterocycles. The van der Waals surface area contributed by atoms with Gasteiger partial charge in [-0.3, -0.25) is 4.57 Å². The zero-order chi connectivity index (χ0) is 22.8. The molecule has 0 fully saturated rings. The van der Waals surface area contributed by atoms with Gasteiger partial charge in [0, 0.05) is 34.9 Å². The highest BCUT2D eigenvalue weighted by Gasteiger charge is 2.16. The molecular formula is C25H20ClN3O3S. The van der Waals surface area contributed by atoms with Crippen molar-refractivity contribution in [3.8, 4) is 11.4 Å². The summed E-state index contributed by atoms with van der Waals surface area (Å²) in [5, 5.41) is 13.4. The largest absolute Gasteiger partial charge is 0.423 e. The van der Waals surface area contributed by atoms with Crippen molar-refractivity contribution in [2.24, 2.45) is 0 Å². The highest BCUT2D eigenvalue weighted by atomic mass is 35.5. The van der Waals surface area contributed by atoms with Gasteiger partial charge in [0.15, 0.2) is 11.0 Å². The zero-order valence-corrected chi connectivity index (χ0v) is 19.4. The molecule has 2 heterocycles. The summed E-state index contributed by atoms with van der Waals surface area (Å²) in [6.45, 7) is 1.12. The lowest BCUT2D eigenvalue weighted by atomic mass is 10.0. The molecule has 2 aromatic heterocycles. The third-order valence-electron chi connectivity index (χ3n) is 5.41. The molecule has 5 rings (SSSR count). The fourth-order valence-corrected chi connectivity index (χ4v) is 4.94. The fourth-order valence-electron chi connectivity index (χ4n) is 3.87. The lowest BCUT2D eigenvalue weighted by Gasteiger charge is -2.11. The monoisotopic (exact) mass is 477 g/mol. The van der Waals surface area contributed by atoms with Gasteiger partial charge in [0.25, 0.3) is 0 Å². The van der Waals surface area contributed by atoms with E-state index in [1.807, 2.05) is 59.2 Å².